The fourth-order valence-electron chi connectivity index (χ4n) is 2.19. The SMILES string of the molecule is COC(=O)c1ccc(C)c(S(=O)(=O)Nc2ccccc2C(=O)OC)c1. The molecule has 2 aromatic carbocycles. The monoisotopic (exact) mass is 363 g/mol. The Morgan fingerprint density at radius 1 is 0.960 bits per heavy atom. The Labute approximate surface area is 145 Å². The summed E-state index contributed by atoms with van der Waals surface area (Å²) >= 11 is 0. The Hall–Kier alpha value is -2.87. The number of esters is 2. The minimum Gasteiger partial charge on any atom is -0.465 e. The Bertz CT molecular complexity index is 920. The van der Waals surface area contributed by atoms with Gasteiger partial charge in [-0.1, -0.05) is 18.2 Å². The zero-order chi connectivity index (χ0) is 18.6. The zero-order valence-corrected chi connectivity index (χ0v) is 14.7. The zero-order valence-electron chi connectivity index (χ0n) is 13.9. The Morgan fingerprint density at radius 2 is 1.60 bits per heavy atom. The molecule has 0 aromatic heterocycles. The number of hydrogen-bond donors (Lipinski definition) is 1. The van der Waals surface area contributed by atoms with E-state index in [4.69, 9.17) is 0 Å². The van der Waals surface area contributed by atoms with Gasteiger partial charge in [0, 0.05) is 0 Å². The second-order valence-corrected chi connectivity index (χ2v) is 6.77. The highest BCUT2D eigenvalue weighted by molar-refractivity contribution is 7.92. The summed E-state index contributed by atoms with van der Waals surface area (Å²) in [4.78, 5) is 23.3. The molecule has 2 rings (SSSR count). The van der Waals surface area contributed by atoms with Crippen molar-refractivity contribution in [2.24, 2.45) is 0 Å². The highest BCUT2D eigenvalue weighted by Gasteiger charge is 2.22. The minimum atomic E-state index is -4.04. The fraction of sp³-hybridized carbons (Fsp3) is 0.176. The molecule has 2 aromatic rings. The number of ether oxygens (including phenoxy) is 2. The number of sulfonamides is 1. The number of carbonyl (C=O) groups is 2. The van der Waals surface area contributed by atoms with Gasteiger partial charge < -0.3 is 9.47 Å². The van der Waals surface area contributed by atoms with Gasteiger partial charge in [-0.15, -0.1) is 0 Å². The lowest BCUT2D eigenvalue weighted by Crippen LogP contribution is -2.17. The van der Waals surface area contributed by atoms with Crippen molar-refractivity contribution >= 4 is 27.6 Å². The van der Waals surface area contributed by atoms with Gasteiger partial charge in [-0.3, -0.25) is 4.72 Å². The van der Waals surface area contributed by atoms with Gasteiger partial charge in [0.1, 0.15) is 0 Å². The Morgan fingerprint density at radius 3 is 2.24 bits per heavy atom. The molecular formula is C17H17NO6S. The molecule has 0 spiro atoms. The smallest absolute Gasteiger partial charge is 0.339 e. The van der Waals surface area contributed by atoms with Crippen molar-refractivity contribution in [2.75, 3.05) is 18.9 Å². The number of aryl methyl sites for hydroxylation is 1. The molecule has 1 N–H and O–H groups in total. The average molecular weight is 363 g/mol. The molecule has 0 saturated carbocycles. The van der Waals surface area contributed by atoms with Gasteiger partial charge in [-0.25, -0.2) is 18.0 Å². The highest BCUT2D eigenvalue weighted by atomic mass is 32.2. The van der Waals surface area contributed by atoms with E-state index in [1.165, 1.54) is 44.6 Å². The van der Waals surface area contributed by atoms with Gasteiger partial charge in [0.25, 0.3) is 10.0 Å². The number of para-hydroxylation sites is 1. The summed E-state index contributed by atoms with van der Waals surface area (Å²) in [6.45, 7) is 1.60. The third-order valence-corrected chi connectivity index (χ3v) is 4.98. The molecule has 0 amide bonds. The molecular weight excluding hydrogens is 346 g/mol. The van der Waals surface area contributed by atoms with Crippen molar-refractivity contribution in [3.05, 3.63) is 59.2 Å². The summed E-state index contributed by atoms with van der Waals surface area (Å²) in [5, 5.41) is 0. The molecule has 0 aliphatic rings. The predicted octanol–water partition coefficient (Wildman–Crippen LogP) is 2.37. The van der Waals surface area contributed by atoms with Crippen LogP contribution in [0.5, 0.6) is 0 Å². The minimum absolute atomic E-state index is 0.0790. The lowest BCUT2D eigenvalue weighted by Gasteiger charge is -2.13. The van der Waals surface area contributed by atoms with E-state index in [-0.39, 0.29) is 21.7 Å². The second-order valence-electron chi connectivity index (χ2n) is 5.11. The van der Waals surface area contributed by atoms with Crippen molar-refractivity contribution in [3.63, 3.8) is 0 Å². The van der Waals surface area contributed by atoms with Gasteiger partial charge in [0.05, 0.1) is 35.9 Å². The van der Waals surface area contributed by atoms with Gasteiger partial charge in [-0.2, -0.15) is 0 Å². The van der Waals surface area contributed by atoms with E-state index >= 15 is 0 Å². The van der Waals surface area contributed by atoms with Crippen LogP contribution in [0, 0.1) is 6.92 Å². The maximum atomic E-state index is 12.7. The summed E-state index contributed by atoms with van der Waals surface area (Å²) in [5.41, 5.74) is 0.706. The molecule has 0 radical (unpaired) electrons. The van der Waals surface area contributed by atoms with E-state index in [0.717, 1.165) is 0 Å². The summed E-state index contributed by atoms with van der Waals surface area (Å²) in [6, 6.07) is 10.3. The van der Waals surface area contributed by atoms with E-state index in [1.807, 2.05) is 0 Å². The summed E-state index contributed by atoms with van der Waals surface area (Å²) in [5.74, 6) is -1.32. The van der Waals surface area contributed by atoms with Crippen molar-refractivity contribution in [1.29, 1.82) is 0 Å². The van der Waals surface area contributed by atoms with Crippen LogP contribution < -0.4 is 4.72 Å². The first-order valence-electron chi connectivity index (χ1n) is 7.19. The number of carbonyl (C=O) groups excluding carboxylic acids is 2. The molecule has 0 saturated heterocycles. The maximum absolute atomic E-state index is 12.7. The molecule has 0 aliphatic heterocycles. The van der Waals surface area contributed by atoms with Crippen molar-refractivity contribution in [2.45, 2.75) is 11.8 Å². The largest absolute Gasteiger partial charge is 0.465 e. The summed E-state index contributed by atoms with van der Waals surface area (Å²) < 4.78 is 37.1. The van der Waals surface area contributed by atoms with E-state index < -0.39 is 22.0 Å². The van der Waals surface area contributed by atoms with Gasteiger partial charge in [0.15, 0.2) is 0 Å². The van der Waals surface area contributed by atoms with Crippen molar-refractivity contribution in [1.82, 2.24) is 0 Å². The molecule has 0 unspecified atom stereocenters. The third-order valence-electron chi connectivity index (χ3n) is 3.48. The van der Waals surface area contributed by atoms with Crippen LogP contribution in [0.4, 0.5) is 5.69 Å². The van der Waals surface area contributed by atoms with E-state index in [9.17, 15) is 18.0 Å². The summed E-state index contributed by atoms with van der Waals surface area (Å²) in [7, 11) is -1.62. The first kappa shape index (κ1) is 18.5. The average Bonchev–Trinajstić information content (AvgIpc) is 2.60. The van der Waals surface area contributed by atoms with E-state index in [2.05, 4.69) is 14.2 Å². The Balaban J connectivity index is 2.48. The predicted molar refractivity (Wildman–Crippen MR) is 91.1 cm³/mol. The van der Waals surface area contributed by atoms with E-state index in [1.54, 1.807) is 19.1 Å². The van der Waals surface area contributed by atoms with Crippen LogP contribution in [0.1, 0.15) is 26.3 Å². The van der Waals surface area contributed by atoms with E-state index in [0.29, 0.717) is 5.56 Å². The molecule has 132 valence electrons. The van der Waals surface area contributed by atoms with Gasteiger partial charge in [-0.05, 0) is 36.8 Å². The lowest BCUT2D eigenvalue weighted by atomic mass is 10.1. The first-order chi connectivity index (χ1) is 11.8. The van der Waals surface area contributed by atoms with Crippen molar-refractivity contribution < 1.29 is 27.5 Å². The number of methoxy groups -OCH3 is 2. The molecule has 25 heavy (non-hydrogen) atoms. The Kier molecular flexibility index (Phi) is 5.43. The van der Waals surface area contributed by atoms with Crippen LogP contribution >= 0.6 is 0 Å². The summed E-state index contributed by atoms with van der Waals surface area (Å²) in [6.07, 6.45) is 0. The highest BCUT2D eigenvalue weighted by Crippen LogP contribution is 2.24. The maximum Gasteiger partial charge on any atom is 0.339 e. The number of rotatable bonds is 5. The van der Waals surface area contributed by atoms with Crippen LogP contribution in [-0.2, 0) is 19.5 Å². The van der Waals surface area contributed by atoms with Gasteiger partial charge in [0.2, 0.25) is 0 Å². The molecule has 0 fully saturated rings. The molecule has 8 heteroatoms. The fourth-order valence-corrected chi connectivity index (χ4v) is 3.55. The number of benzene rings is 2. The molecule has 0 aliphatic carbocycles. The lowest BCUT2D eigenvalue weighted by molar-refractivity contribution is 0.0592. The third kappa shape index (κ3) is 3.97. The molecule has 0 heterocycles. The number of hydrogen-bond acceptors (Lipinski definition) is 6. The standard InChI is InChI=1S/C17H17NO6S/c1-11-8-9-12(16(19)23-2)10-15(11)25(21,22)18-14-7-5-4-6-13(14)17(20)24-3/h4-10,18H,1-3H3. The normalized spacial score (nSPS) is 10.8. The number of anilines is 1. The second kappa shape index (κ2) is 7.35. The van der Waals surface area contributed by atoms with Crippen LogP contribution in [0.25, 0.3) is 0 Å². The van der Waals surface area contributed by atoms with Crippen LogP contribution in [0.15, 0.2) is 47.4 Å². The molecule has 7 nitrogen and oxygen atoms in total. The van der Waals surface area contributed by atoms with Gasteiger partial charge >= 0.3 is 11.9 Å². The molecule has 0 bridgehead atoms. The topological polar surface area (TPSA) is 98.8 Å². The van der Waals surface area contributed by atoms with Crippen LogP contribution in [-0.4, -0.2) is 34.6 Å². The quantitative estimate of drug-likeness (QED) is 0.819. The molecule has 0 atom stereocenters. The first-order valence-corrected chi connectivity index (χ1v) is 8.67. The van der Waals surface area contributed by atoms with Crippen LogP contribution in [0.3, 0.4) is 0 Å². The van der Waals surface area contributed by atoms with Crippen LogP contribution in [0.2, 0.25) is 0 Å². The number of nitrogens with one attached hydrogen (secondary N) is 1. The van der Waals surface area contributed by atoms with Crippen molar-refractivity contribution in [3.8, 4) is 0 Å².